The number of ether oxygens (including phenoxy) is 3. The van der Waals surface area contributed by atoms with Crippen molar-refractivity contribution in [2.75, 3.05) is 26.6 Å². The zero-order valence-corrected chi connectivity index (χ0v) is 13.5. The second kappa shape index (κ2) is 7.49. The maximum Gasteiger partial charge on any atom is 0.272 e. The molecule has 0 heterocycles. The standard InChI is InChI=1S/C16H17FN2O5/c1-22-14-6-10(7-15(23-2)16(14)24-3)9-18-13-5-4-11(19(20)21)8-12(13)17/h4-8,18H,9H2,1-3H3. The second-order valence-electron chi connectivity index (χ2n) is 4.81. The molecule has 128 valence electrons. The molecule has 2 rings (SSSR count). The fourth-order valence-corrected chi connectivity index (χ4v) is 2.20. The quantitative estimate of drug-likeness (QED) is 0.616. The van der Waals surface area contributed by atoms with E-state index >= 15 is 0 Å². The molecule has 0 aliphatic heterocycles. The van der Waals surface area contributed by atoms with Gasteiger partial charge in [-0.15, -0.1) is 0 Å². The Hall–Kier alpha value is -3.03. The number of methoxy groups -OCH3 is 3. The molecule has 0 saturated carbocycles. The summed E-state index contributed by atoms with van der Waals surface area (Å²) in [5, 5.41) is 13.5. The van der Waals surface area contributed by atoms with Crippen LogP contribution in [0.25, 0.3) is 0 Å². The lowest BCUT2D eigenvalue weighted by Crippen LogP contribution is -2.04. The fraction of sp³-hybridized carbons (Fsp3) is 0.250. The molecule has 0 aromatic heterocycles. The van der Waals surface area contributed by atoms with E-state index in [0.717, 1.165) is 11.6 Å². The van der Waals surface area contributed by atoms with Crippen molar-refractivity contribution in [3.05, 3.63) is 51.8 Å². The second-order valence-corrected chi connectivity index (χ2v) is 4.81. The van der Waals surface area contributed by atoms with Gasteiger partial charge in [0, 0.05) is 12.6 Å². The lowest BCUT2D eigenvalue weighted by molar-refractivity contribution is -0.385. The van der Waals surface area contributed by atoms with Crippen molar-refractivity contribution in [2.24, 2.45) is 0 Å². The number of nitro benzene ring substituents is 1. The Morgan fingerprint density at radius 2 is 1.71 bits per heavy atom. The lowest BCUT2D eigenvalue weighted by Gasteiger charge is -2.15. The summed E-state index contributed by atoms with van der Waals surface area (Å²) in [6.07, 6.45) is 0. The van der Waals surface area contributed by atoms with Crippen molar-refractivity contribution in [1.82, 2.24) is 0 Å². The Labute approximate surface area is 138 Å². The van der Waals surface area contributed by atoms with Crippen LogP contribution < -0.4 is 19.5 Å². The van der Waals surface area contributed by atoms with Gasteiger partial charge in [0.05, 0.1) is 38.0 Å². The first-order valence-electron chi connectivity index (χ1n) is 6.96. The zero-order valence-electron chi connectivity index (χ0n) is 13.5. The minimum atomic E-state index is -0.698. The molecule has 0 amide bonds. The van der Waals surface area contributed by atoms with Crippen molar-refractivity contribution in [2.45, 2.75) is 6.54 Å². The van der Waals surface area contributed by atoms with Crippen molar-refractivity contribution in [3.8, 4) is 17.2 Å². The van der Waals surface area contributed by atoms with E-state index in [4.69, 9.17) is 14.2 Å². The summed E-state index contributed by atoms with van der Waals surface area (Å²) < 4.78 is 29.6. The van der Waals surface area contributed by atoms with E-state index in [0.29, 0.717) is 17.2 Å². The number of nitrogens with one attached hydrogen (secondary N) is 1. The summed E-state index contributed by atoms with van der Waals surface area (Å²) in [4.78, 5) is 9.98. The van der Waals surface area contributed by atoms with E-state index in [1.165, 1.54) is 33.5 Å². The summed E-state index contributed by atoms with van der Waals surface area (Å²) in [5.41, 5.74) is 0.627. The molecule has 0 bridgehead atoms. The van der Waals surface area contributed by atoms with E-state index in [-0.39, 0.29) is 17.9 Å². The molecule has 0 unspecified atom stereocenters. The molecule has 0 fully saturated rings. The van der Waals surface area contributed by atoms with Crippen molar-refractivity contribution in [1.29, 1.82) is 0 Å². The SMILES string of the molecule is COc1cc(CNc2ccc([N+](=O)[O-])cc2F)cc(OC)c1OC. The van der Waals surface area contributed by atoms with Gasteiger partial charge in [0.25, 0.3) is 5.69 Å². The molecule has 8 heteroatoms. The van der Waals surface area contributed by atoms with Crippen LogP contribution in [-0.2, 0) is 6.54 Å². The van der Waals surface area contributed by atoms with E-state index in [1.807, 2.05) is 0 Å². The van der Waals surface area contributed by atoms with Crippen LogP contribution in [0.3, 0.4) is 0 Å². The average Bonchev–Trinajstić information content (AvgIpc) is 2.59. The topological polar surface area (TPSA) is 82.9 Å². The Morgan fingerprint density at radius 3 is 2.17 bits per heavy atom. The molecule has 0 saturated heterocycles. The number of nitro groups is 1. The molecule has 1 N–H and O–H groups in total. The van der Waals surface area contributed by atoms with E-state index in [9.17, 15) is 14.5 Å². The molecule has 0 atom stereocenters. The molecular weight excluding hydrogens is 319 g/mol. The van der Waals surface area contributed by atoms with Gasteiger partial charge in [-0.1, -0.05) is 0 Å². The third-order valence-electron chi connectivity index (χ3n) is 3.37. The highest BCUT2D eigenvalue weighted by Crippen LogP contribution is 2.38. The van der Waals surface area contributed by atoms with Crippen LogP contribution in [0, 0.1) is 15.9 Å². The smallest absolute Gasteiger partial charge is 0.272 e. The third-order valence-corrected chi connectivity index (χ3v) is 3.37. The largest absolute Gasteiger partial charge is 0.493 e. The van der Waals surface area contributed by atoms with Gasteiger partial charge in [-0.2, -0.15) is 0 Å². The van der Waals surface area contributed by atoms with Crippen molar-refractivity contribution < 1.29 is 23.5 Å². The fourth-order valence-electron chi connectivity index (χ4n) is 2.20. The van der Waals surface area contributed by atoms with Crippen LogP contribution >= 0.6 is 0 Å². The highest BCUT2D eigenvalue weighted by atomic mass is 19.1. The molecule has 0 aliphatic rings. The van der Waals surface area contributed by atoms with Crippen LogP contribution in [0.4, 0.5) is 15.8 Å². The number of rotatable bonds is 7. The normalized spacial score (nSPS) is 10.2. The summed E-state index contributed by atoms with van der Waals surface area (Å²) in [7, 11) is 4.51. The highest BCUT2D eigenvalue weighted by molar-refractivity contribution is 5.55. The van der Waals surface area contributed by atoms with Gasteiger partial charge in [-0.3, -0.25) is 10.1 Å². The Balaban J connectivity index is 2.21. The van der Waals surface area contributed by atoms with E-state index in [1.54, 1.807) is 12.1 Å². The molecule has 2 aromatic carbocycles. The predicted octanol–water partition coefficient (Wildman–Crippen LogP) is 3.37. The molecule has 7 nitrogen and oxygen atoms in total. The lowest BCUT2D eigenvalue weighted by atomic mass is 10.1. The summed E-state index contributed by atoms with van der Waals surface area (Å²) in [6.45, 7) is 0.269. The van der Waals surface area contributed by atoms with Gasteiger partial charge in [0.1, 0.15) is 0 Å². The maximum absolute atomic E-state index is 13.9. The Bertz CT molecular complexity index is 726. The van der Waals surface area contributed by atoms with Gasteiger partial charge >= 0.3 is 0 Å². The monoisotopic (exact) mass is 336 g/mol. The number of benzene rings is 2. The first kappa shape index (κ1) is 17.3. The summed E-state index contributed by atoms with van der Waals surface area (Å²) in [5.74, 6) is 0.734. The summed E-state index contributed by atoms with van der Waals surface area (Å²) >= 11 is 0. The number of hydrogen-bond acceptors (Lipinski definition) is 6. The third kappa shape index (κ3) is 3.65. The van der Waals surface area contributed by atoms with Crippen LogP contribution in [0.5, 0.6) is 17.2 Å². The minimum Gasteiger partial charge on any atom is -0.493 e. The van der Waals surface area contributed by atoms with E-state index < -0.39 is 10.7 Å². The number of non-ortho nitro benzene ring substituents is 1. The van der Waals surface area contributed by atoms with Gasteiger partial charge in [-0.05, 0) is 23.8 Å². The summed E-state index contributed by atoms with van der Waals surface area (Å²) in [6, 6.07) is 6.90. The van der Waals surface area contributed by atoms with Crippen molar-refractivity contribution >= 4 is 11.4 Å². The number of nitrogens with zero attached hydrogens (tertiary/aromatic N) is 1. The maximum atomic E-state index is 13.9. The predicted molar refractivity (Wildman–Crippen MR) is 86.5 cm³/mol. The molecule has 0 radical (unpaired) electrons. The van der Waals surface area contributed by atoms with E-state index in [2.05, 4.69) is 5.32 Å². The zero-order chi connectivity index (χ0) is 17.7. The Kier molecular flexibility index (Phi) is 5.41. The average molecular weight is 336 g/mol. The van der Waals surface area contributed by atoms with Crippen LogP contribution in [0.2, 0.25) is 0 Å². The number of halogens is 1. The highest BCUT2D eigenvalue weighted by Gasteiger charge is 2.14. The van der Waals surface area contributed by atoms with Crippen LogP contribution in [-0.4, -0.2) is 26.3 Å². The Morgan fingerprint density at radius 1 is 1.08 bits per heavy atom. The number of hydrogen-bond donors (Lipinski definition) is 1. The van der Waals surface area contributed by atoms with Crippen molar-refractivity contribution in [3.63, 3.8) is 0 Å². The van der Waals surface area contributed by atoms with Gasteiger partial charge in [0.2, 0.25) is 5.75 Å². The molecule has 0 aliphatic carbocycles. The molecule has 24 heavy (non-hydrogen) atoms. The minimum absolute atomic E-state index is 0.161. The molecular formula is C16H17FN2O5. The number of anilines is 1. The molecule has 2 aromatic rings. The van der Waals surface area contributed by atoms with Crippen LogP contribution in [0.15, 0.2) is 30.3 Å². The van der Waals surface area contributed by atoms with Crippen LogP contribution in [0.1, 0.15) is 5.56 Å². The van der Waals surface area contributed by atoms with Gasteiger partial charge in [-0.25, -0.2) is 4.39 Å². The first-order chi connectivity index (χ1) is 11.5. The van der Waals surface area contributed by atoms with Gasteiger partial charge in [0.15, 0.2) is 17.3 Å². The first-order valence-corrected chi connectivity index (χ1v) is 6.96. The van der Waals surface area contributed by atoms with Gasteiger partial charge < -0.3 is 19.5 Å². The molecule has 0 spiro atoms.